The zero-order chi connectivity index (χ0) is 14.3. The lowest BCUT2D eigenvalue weighted by atomic mass is 9.98. The predicted octanol–water partition coefficient (Wildman–Crippen LogP) is 1.28. The number of carbonyl (C=O) groups excluding carboxylic acids is 1. The molecule has 2 fully saturated rings. The molecule has 0 aliphatic carbocycles. The van der Waals surface area contributed by atoms with Crippen molar-refractivity contribution in [2.24, 2.45) is 0 Å². The molecule has 0 radical (unpaired) electrons. The van der Waals surface area contributed by atoms with Gasteiger partial charge in [0.15, 0.2) is 0 Å². The number of hydrogen-bond donors (Lipinski definition) is 2. The Morgan fingerprint density at radius 3 is 2.50 bits per heavy atom. The van der Waals surface area contributed by atoms with E-state index in [1.54, 1.807) is 0 Å². The van der Waals surface area contributed by atoms with Crippen LogP contribution in [0.3, 0.4) is 0 Å². The first-order chi connectivity index (χ1) is 9.54. The van der Waals surface area contributed by atoms with E-state index in [-0.39, 0.29) is 11.8 Å². The molecule has 3 rings (SSSR count). The number of aromatic nitrogens is 3. The largest absolute Gasteiger partial charge is 0.336 e. The minimum atomic E-state index is -0.0700. The lowest BCUT2D eigenvalue weighted by Crippen LogP contribution is -2.48. The number of nitrogens with zero attached hydrogens (tertiary/aromatic N) is 3. The third-order valence-corrected chi connectivity index (χ3v) is 4.56. The predicted molar refractivity (Wildman–Crippen MR) is 75.5 cm³/mol. The molecule has 6 heteroatoms. The Hall–Kier alpha value is -1.43. The molecular weight excluding hydrogens is 254 g/mol. The Labute approximate surface area is 119 Å². The van der Waals surface area contributed by atoms with E-state index in [4.69, 9.17) is 0 Å². The number of amides is 1. The van der Waals surface area contributed by atoms with Gasteiger partial charge in [-0.3, -0.25) is 9.89 Å². The van der Waals surface area contributed by atoms with Crippen molar-refractivity contribution in [1.29, 1.82) is 0 Å². The maximum absolute atomic E-state index is 12.5. The Bertz CT molecular complexity index is 486. The van der Waals surface area contributed by atoms with Crippen molar-refractivity contribution >= 4 is 5.91 Å². The van der Waals surface area contributed by atoms with Crippen LogP contribution in [-0.4, -0.2) is 51.2 Å². The van der Waals surface area contributed by atoms with Gasteiger partial charge in [-0.25, -0.2) is 4.98 Å². The molecule has 0 aromatic carbocycles. The molecule has 0 spiro atoms. The molecule has 3 heterocycles. The Balaban J connectivity index is 1.69. The van der Waals surface area contributed by atoms with E-state index in [9.17, 15) is 4.79 Å². The third-order valence-electron chi connectivity index (χ3n) is 4.56. The van der Waals surface area contributed by atoms with Crippen molar-refractivity contribution in [1.82, 2.24) is 25.4 Å². The average molecular weight is 277 g/mol. The molecular formula is C14H23N5O. The number of aromatic amines is 1. The maximum atomic E-state index is 12.5. The molecule has 6 nitrogen and oxygen atoms in total. The van der Waals surface area contributed by atoms with Gasteiger partial charge in [-0.2, -0.15) is 0 Å². The molecule has 110 valence electrons. The van der Waals surface area contributed by atoms with Crippen LogP contribution >= 0.6 is 0 Å². The van der Waals surface area contributed by atoms with Crippen LogP contribution in [0.1, 0.15) is 61.9 Å². The topological polar surface area (TPSA) is 73.9 Å². The second-order valence-corrected chi connectivity index (χ2v) is 6.38. The first-order valence-electron chi connectivity index (χ1n) is 7.50. The summed E-state index contributed by atoms with van der Waals surface area (Å²) in [5.41, 5.74) is 0. The highest BCUT2D eigenvalue weighted by molar-refractivity contribution is 5.90. The van der Waals surface area contributed by atoms with E-state index < -0.39 is 0 Å². The highest BCUT2D eigenvalue weighted by atomic mass is 16.2. The molecule has 2 aliphatic rings. The van der Waals surface area contributed by atoms with E-state index >= 15 is 0 Å². The van der Waals surface area contributed by atoms with Gasteiger partial charge in [0.2, 0.25) is 5.82 Å². The van der Waals surface area contributed by atoms with E-state index in [0.717, 1.165) is 18.7 Å². The quantitative estimate of drug-likeness (QED) is 0.873. The number of nitrogens with one attached hydrogen (secondary N) is 2. The monoisotopic (exact) mass is 277 g/mol. The molecule has 20 heavy (non-hydrogen) atoms. The van der Waals surface area contributed by atoms with Crippen LogP contribution < -0.4 is 5.32 Å². The molecule has 2 saturated heterocycles. The molecule has 1 aromatic heterocycles. The smallest absolute Gasteiger partial charge is 0.293 e. The summed E-state index contributed by atoms with van der Waals surface area (Å²) >= 11 is 0. The number of hydrogen-bond acceptors (Lipinski definition) is 4. The highest BCUT2D eigenvalue weighted by Gasteiger charge is 2.37. The number of rotatable bonds is 3. The van der Waals surface area contributed by atoms with Gasteiger partial charge >= 0.3 is 0 Å². The van der Waals surface area contributed by atoms with Crippen molar-refractivity contribution in [2.75, 3.05) is 7.05 Å². The van der Waals surface area contributed by atoms with E-state index in [1.165, 1.54) is 12.8 Å². The summed E-state index contributed by atoms with van der Waals surface area (Å²) < 4.78 is 0. The molecule has 2 atom stereocenters. The maximum Gasteiger partial charge on any atom is 0.293 e. The van der Waals surface area contributed by atoms with Crippen molar-refractivity contribution in [2.45, 2.75) is 63.6 Å². The number of fused-ring (bicyclic) bond motifs is 2. The second kappa shape index (κ2) is 5.16. The van der Waals surface area contributed by atoms with Crippen LogP contribution in [0.5, 0.6) is 0 Å². The molecule has 1 amide bonds. The summed E-state index contributed by atoms with van der Waals surface area (Å²) in [7, 11) is 1.88. The minimum absolute atomic E-state index is 0.0700. The summed E-state index contributed by atoms with van der Waals surface area (Å²) in [6.45, 7) is 4.06. The van der Waals surface area contributed by atoms with Gasteiger partial charge in [-0.1, -0.05) is 13.8 Å². The van der Waals surface area contributed by atoms with Gasteiger partial charge < -0.3 is 10.2 Å². The Morgan fingerprint density at radius 2 is 1.95 bits per heavy atom. The fourth-order valence-corrected chi connectivity index (χ4v) is 3.30. The van der Waals surface area contributed by atoms with Gasteiger partial charge in [0.1, 0.15) is 5.82 Å². The van der Waals surface area contributed by atoms with E-state index in [0.29, 0.717) is 23.9 Å². The van der Waals surface area contributed by atoms with Crippen LogP contribution in [0.2, 0.25) is 0 Å². The Morgan fingerprint density at radius 1 is 1.30 bits per heavy atom. The molecule has 0 saturated carbocycles. The molecule has 2 N–H and O–H groups in total. The van der Waals surface area contributed by atoms with Crippen LogP contribution in [0.25, 0.3) is 0 Å². The van der Waals surface area contributed by atoms with Gasteiger partial charge in [0.25, 0.3) is 5.91 Å². The second-order valence-electron chi connectivity index (χ2n) is 6.38. The molecule has 2 bridgehead atoms. The SMILES string of the molecule is CC(C)c1nc(C(=O)N(C)C2CC3CCC(C2)N3)n[nH]1. The zero-order valence-corrected chi connectivity index (χ0v) is 12.4. The fraction of sp³-hybridized carbons (Fsp3) is 0.786. The van der Waals surface area contributed by atoms with Crippen LogP contribution in [0, 0.1) is 0 Å². The molecule has 1 aromatic rings. The van der Waals surface area contributed by atoms with Gasteiger partial charge in [-0.15, -0.1) is 5.10 Å². The number of piperidine rings is 1. The van der Waals surface area contributed by atoms with E-state index in [1.807, 2.05) is 25.8 Å². The lowest BCUT2D eigenvalue weighted by molar-refractivity contribution is 0.0669. The van der Waals surface area contributed by atoms with Crippen LogP contribution in [0.15, 0.2) is 0 Å². The van der Waals surface area contributed by atoms with Gasteiger partial charge in [-0.05, 0) is 25.7 Å². The molecule has 2 unspecified atom stereocenters. The first kappa shape index (κ1) is 13.5. The van der Waals surface area contributed by atoms with Crippen molar-refractivity contribution in [3.05, 3.63) is 11.6 Å². The highest BCUT2D eigenvalue weighted by Crippen LogP contribution is 2.29. The first-order valence-corrected chi connectivity index (χ1v) is 7.50. The summed E-state index contributed by atoms with van der Waals surface area (Å²) in [6, 6.07) is 1.46. The average Bonchev–Trinajstić information content (AvgIpc) is 3.04. The van der Waals surface area contributed by atoms with Gasteiger partial charge in [0, 0.05) is 31.1 Å². The van der Waals surface area contributed by atoms with Crippen molar-refractivity contribution < 1.29 is 4.79 Å². The van der Waals surface area contributed by atoms with Crippen molar-refractivity contribution in [3.8, 4) is 0 Å². The number of carbonyl (C=O) groups is 1. The summed E-state index contributed by atoms with van der Waals surface area (Å²) in [6.07, 6.45) is 4.56. The van der Waals surface area contributed by atoms with E-state index in [2.05, 4.69) is 20.5 Å². The van der Waals surface area contributed by atoms with Crippen LogP contribution in [-0.2, 0) is 0 Å². The summed E-state index contributed by atoms with van der Waals surface area (Å²) in [4.78, 5) is 18.6. The zero-order valence-electron chi connectivity index (χ0n) is 12.4. The Kier molecular flexibility index (Phi) is 3.50. The molecule has 2 aliphatic heterocycles. The fourth-order valence-electron chi connectivity index (χ4n) is 3.30. The number of H-pyrrole nitrogens is 1. The minimum Gasteiger partial charge on any atom is -0.336 e. The van der Waals surface area contributed by atoms with Gasteiger partial charge in [0.05, 0.1) is 0 Å². The normalized spacial score (nSPS) is 28.9. The van der Waals surface area contributed by atoms with Crippen LogP contribution in [0.4, 0.5) is 0 Å². The van der Waals surface area contributed by atoms with Crippen molar-refractivity contribution in [3.63, 3.8) is 0 Å². The third kappa shape index (κ3) is 2.44. The standard InChI is InChI=1S/C14H23N5O/c1-8(2)12-16-13(18-17-12)14(20)19(3)11-6-9-4-5-10(7-11)15-9/h8-11,15H,4-7H2,1-3H3,(H,16,17,18). The summed E-state index contributed by atoms with van der Waals surface area (Å²) in [5.74, 6) is 1.25. The summed E-state index contributed by atoms with van der Waals surface area (Å²) in [5, 5.41) is 10.5. The lowest BCUT2D eigenvalue weighted by Gasteiger charge is -2.35.